The molecule has 1 heterocycles. The molecule has 1 saturated carbocycles. The van der Waals surface area contributed by atoms with Crippen LogP contribution < -0.4 is 0 Å². The number of aromatic nitrogens is 1. The van der Waals surface area contributed by atoms with E-state index < -0.39 is 11.6 Å². The minimum absolute atomic E-state index is 0.125. The Labute approximate surface area is 113 Å². The van der Waals surface area contributed by atoms with Crippen molar-refractivity contribution in [2.24, 2.45) is 0 Å². The third kappa shape index (κ3) is 1.94. The quantitative estimate of drug-likeness (QED) is 0.851. The average Bonchev–Trinajstić information content (AvgIpc) is 3.07. The largest absolute Gasteiger partial charge is 0.398 e. The minimum atomic E-state index is -4.22. The van der Waals surface area contributed by atoms with Gasteiger partial charge in [-0.25, -0.2) is 0 Å². The van der Waals surface area contributed by atoms with Crippen molar-refractivity contribution in [3.05, 3.63) is 59.4 Å². The van der Waals surface area contributed by atoms with Crippen LogP contribution in [-0.2, 0) is 5.41 Å². The third-order valence-corrected chi connectivity index (χ3v) is 3.83. The predicted octanol–water partition coefficient (Wildman–Crippen LogP) is 3.84. The summed E-state index contributed by atoms with van der Waals surface area (Å²) in [5, 5.41) is 0. The molecule has 0 saturated heterocycles. The van der Waals surface area contributed by atoms with Gasteiger partial charge in [-0.2, -0.15) is 13.2 Å². The van der Waals surface area contributed by atoms with Crippen LogP contribution in [0.5, 0.6) is 0 Å². The molecule has 1 aromatic heterocycles. The molecule has 5 heteroatoms. The first-order valence-corrected chi connectivity index (χ1v) is 6.29. The number of ketones is 1. The van der Waals surface area contributed by atoms with Crippen LogP contribution >= 0.6 is 0 Å². The Hall–Kier alpha value is -2.04. The Morgan fingerprint density at radius 3 is 2.20 bits per heavy atom. The zero-order valence-electron chi connectivity index (χ0n) is 10.5. The molecule has 20 heavy (non-hydrogen) atoms. The predicted molar refractivity (Wildman–Crippen MR) is 67.6 cm³/mol. The van der Waals surface area contributed by atoms with Gasteiger partial charge in [0.05, 0.1) is 11.1 Å². The number of hydrogen-bond donors (Lipinski definition) is 1. The molecule has 1 N–H and O–H groups in total. The molecule has 104 valence electrons. The van der Waals surface area contributed by atoms with E-state index in [0.29, 0.717) is 11.3 Å². The van der Waals surface area contributed by atoms with Gasteiger partial charge < -0.3 is 4.98 Å². The van der Waals surface area contributed by atoms with Gasteiger partial charge in [0, 0.05) is 11.8 Å². The molecule has 1 aliphatic rings. The number of benzene rings is 1. The second-order valence-electron chi connectivity index (χ2n) is 5.07. The maximum atomic E-state index is 13.0. The van der Waals surface area contributed by atoms with Gasteiger partial charge in [-0.3, -0.25) is 4.79 Å². The SMILES string of the molecule is O=C(c1ccc(C2(C(F)(F)F)CC2)cc1)c1ccc[nH]1. The summed E-state index contributed by atoms with van der Waals surface area (Å²) in [5.74, 6) is -0.224. The average molecular weight is 279 g/mol. The number of hydrogen-bond acceptors (Lipinski definition) is 1. The normalized spacial score (nSPS) is 16.9. The molecule has 0 amide bonds. The summed E-state index contributed by atoms with van der Waals surface area (Å²) in [4.78, 5) is 14.8. The van der Waals surface area contributed by atoms with Crippen LogP contribution in [0.4, 0.5) is 13.2 Å². The molecule has 0 atom stereocenters. The zero-order valence-corrected chi connectivity index (χ0v) is 10.5. The summed E-state index contributed by atoms with van der Waals surface area (Å²) in [6, 6.07) is 9.08. The van der Waals surface area contributed by atoms with Crippen LogP contribution in [0, 0.1) is 0 Å². The topological polar surface area (TPSA) is 32.9 Å². The summed E-state index contributed by atoms with van der Waals surface area (Å²) in [6.45, 7) is 0. The number of carbonyl (C=O) groups excluding carboxylic acids is 1. The van der Waals surface area contributed by atoms with E-state index in [9.17, 15) is 18.0 Å². The first kappa shape index (κ1) is 13.0. The lowest BCUT2D eigenvalue weighted by molar-refractivity contribution is -0.160. The molecule has 1 fully saturated rings. The number of H-pyrrole nitrogens is 1. The molecule has 0 unspecified atom stereocenters. The fourth-order valence-corrected chi connectivity index (χ4v) is 2.43. The monoisotopic (exact) mass is 279 g/mol. The van der Waals surface area contributed by atoms with Gasteiger partial charge in [0.2, 0.25) is 5.78 Å². The molecule has 2 nitrogen and oxygen atoms in total. The summed E-state index contributed by atoms with van der Waals surface area (Å²) in [5.41, 5.74) is -0.641. The second-order valence-corrected chi connectivity index (χ2v) is 5.07. The smallest absolute Gasteiger partial charge is 0.359 e. The fourth-order valence-electron chi connectivity index (χ4n) is 2.43. The molecule has 0 aliphatic heterocycles. The van der Waals surface area contributed by atoms with E-state index in [1.54, 1.807) is 18.3 Å². The van der Waals surface area contributed by atoms with Crippen molar-refractivity contribution in [1.29, 1.82) is 0 Å². The summed E-state index contributed by atoms with van der Waals surface area (Å²) >= 11 is 0. The van der Waals surface area contributed by atoms with E-state index in [1.165, 1.54) is 24.3 Å². The minimum Gasteiger partial charge on any atom is -0.359 e. The Kier molecular flexibility index (Phi) is 2.74. The lowest BCUT2D eigenvalue weighted by atomic mass is 9.93. The van der Waals surface area contributed by atoms with Gasteiger partial charge in [-0.15, -0.1) is 0 Å². The lowest BCUT2D eigenvalue weighted by Gasteiger charge is -2.19. The molecular formula is C15H12F3NO. The van der Waals surface area contributed by atoms with Crippen LogP contribution in [0.15, 0.2) is 42.6 Å². The van der Waals surface area contributed by atoms with E-state index >= 15 is 0 Å². The van der Waals surface area contributed by atoms with Crippen molar-refractivity contribution >= 4 is 5.78 Å². The third-order valence-electron chi connectivity index (χ3n) is 3.83. The number of alkyl halides is 3. The van der Waals surface area contributed by atoms with Crippen LogP contribution in [0.3, 0.4) is 0 Å². The van der Waals surface area contributed by atoms with Crippen LogP contribution in [-0.4, -0.2) is 16.9 Å². The highest BCUT2D eigenvalue weighted by atomic mass is 19.4. The van der Waals surface area contributed by atoms with E-state index in [-0.39, 0.29) is 24.2 Å². The van der Waals surface area contributed by atoms with Crippen LogP contribution in [0.2, 0.25) is 0 Å². The summed E-state index contributed by atoms with van der Waals surface area (Å²) < 4.78 is 39.0. The Morgan fingerprint density at radius 2 is 1.75 bits per heavy atom. The molecule has 0 bridgehead atoms. The zero-order chi connectivity index (χ0) is 14.4. The molecule has 1 aromatic carbocycles. The maximum Gasteiger partial charge on any atom is 0.398 e. The Bertz CT molecular complexity index is 622. The van der Waals surface area contributed by atoms with Crippen molar-refractivity contribution in [3.8, 4) is 0 Å². The van der Waals surface area contributed by atoms with Crippen LogP contribution in [0.25, 0.3) is 0 Å². The van der Waals surface area contributed by atoms with Crippen molar-refractivity contribution in [1.82, 2.24) is 4.98 Å². The Balaban J connectivity index is 1.88. The summed E-state index contributed by atoms with van der Waals surface area (Å²) in [7, 11) is 0. The molecule has 0 radical (unpaired) electrons. The lowest BCUT2D eigenvalue weighted by Crippen LogP contribution is -2.28. The van der Waals surface area contributed by atoms with Gasteiger partial charge >= 0.3 is 6.18 Å². The van der Waals surface area contributed by atoms with Crippen molar-refractivity contribution in [3.63, 3.8) is 0 Å². The highest BCUT2D eigenvalue weighted by Gasteiger charge is 2.64. The van der Waals surface area contributed by atoms with E-state index in [4.69, 9.17) is 0 Å². The maximum absolute atomic E-state index is 13.0. The molecule has 2 aromatic rings. The second kappa shape index (κ2) is 4.23. The highest BCUT2D eigenvalue weighted by Crippen LogP contribution is 2.58. The van der Waals surface area contributed by atoms with E-state index in [2.05, 4.69) is 4.98 Å². The van der Waals surface area contributed by atoms with Gasteiger partial charge in [0.15, 0.2) is 0 Å². The van der Waals surface area contributed by atoms with Crippen LogP contribution in [0.1, 0.15) is 34.5 Å². The standard InChI is InChI=1S/C15H12F3NO/c16-15(17,18)14(7-8-14)11-5-3-10(4-6-11)13(20)12-2-1-9-19-12/h1-6,9,19H,7-8H2. The highest BCUT2D eigenvalue weighted by molar-refractivity contribution is 6.07. The van der Waals surface area contributed by atoms with Crippen molar-refractivity contribution < 1.29 is 18.0 Å². The molecular weight excluding hydrogens is 267 g/mol. The van der Waals surface area contributed by atoms with Gasteiger partial charge in [-0.05, 0) is 30.5 Å². The molecule has 0 spiro atoms. The van der Waals surface area contributed by atoms with Gasteiger partial charge in [-0.1, -0.05) is 24.3 Å². The van der Waals surface area contributed by atoms with E-state index in [1.807, 2.05) is 0 Å². The number of carbonyl (C=O) groups is 1. The first-order valence-electron chi connectivity index (χ1n) is 6.29. The number of rotatable bonds is 3. The van der Waals surface area contributed by atoms with Gasteiger partial charge in [0.25, 0.3) is 0 Å². The Morgan fingerprint density at radius 1 is 1.10 bits per heavy atom. The molecule has 3 rings (SSSR count). The summed E-state index contributed by atoms with van der Waals surface area (Å²) in [6.07, 6.45) is -2.34. The number of halogens is 3. The fraction of sp³-hybridized carbons (Fsp3) is 0.267. The first-order chi connectivity index (χ1) is 9.44. The van der Waals surface area contributed by atoms with Gasteiger partial charge in [0.1, 0.15) is 0 Å². The van der Waals surface area contributed by atoms with Crippen molar-refractivity contribution in [2.45, 2.75) is 24.4 Å². The number of aromatic amines is 1. The number of nitrogens with one attached hydrogen (secondary N) is 1. The molecule has 1 aliphatic carbocycles. The van der Waals surface area contributed by atoms with E-state index in [0.717, 1.165) is 0 Å². The van der Waals surface area contributed by atoms with Crippen molar-refractivity contribution in [2.75, 3.05) is 0 Å².